The van der Waals surface area contributed by atoms with Gasteiger partial charge in [0.2, 0.25) is 11.2 Å². The number of nitrogens with zero attached hydrogens (tertiary/aromatic N) is 1. The van der Waals surface area contributed by atoms with Gasteiger partial charge in [-0.3, -0.25) is 9.69 Å². The third-order valence-corrected chi connectivity index (χ3v) is 6.61. The van der Waals surface area contributed by atoms with Gasteiger partial charge in [-0.2, -0.15) is 0 Å². The molecule has 8 heteroatoms. The first-order valence-electron chi connectivity index (χ1n) is 11.1. The number of aryl methyl sites for hydroxylation is 1. The van der Waals surface area contributed by atoms with Crippen LogP contribution in [0.4, 0.5) is 0 Å². The monoisotopic (exact) mass is 511 g/mol. The van der Waals surface area contributed by atoms with E-state index in [0.717, 1.165) is 24.1 Å². The van der Waals surface area contributed by atoms with E-state index in [4.69, 9.17) is 41.8 Å². The van der Waals surface area contributed by atoms with Crippen LogP contribution in [0.25, 0.3) is 11.0 Å². The highest BCUT2D eigenvalue weighted by atomic mass is 35.5. The van der Waals surface area contributed by atoms with Crippen LogP contribution in [-0.4, -0.2) is 25.3 Å². The fraction of sp³-hybridized carbons (Fsp3) is 0.222. The molecule has 0 fully saturated rings. The summed E-state index contributed by atoms with van der Waals surface area (Å²) in [5.74, 6) is 2.50. The van der Waals surface area contributed by atoms with Gasteiger partial charge in [0.1, 0.15) is 35.3 Å². The Balaban J connectivity index is 1.41. The van der Waals surface area contributed by atoms with Crippen molar-refractivity contribution in [1.82, 2.24) is 4.90 Å². The van der Waals surface area contributed by atoms with E-state index in [1.54, 1.807) is 50.4 Å². The summed E-state index contributed by atoms with van der Waals surface area (Å²) in [5.41, 5.74) is 2.14. The summed E-state index contributed by atoms with van der Waals surface area (Å²) in [6.07, 6.45) is 0.738. The molecule has 1 aliphatic heterocycles. The summed E-state index contributed by atoms with van der Waals surface area (Å²) >= 11 is 12.3. The summed E-state index contributed by atoms with van der Waals surface area (Å²) in [7, 11) is 1.59. The first kappa shape index (κ1) is 23.5. The van der Waals surface area contributed by atoms with Gasteiger partial charge in [-0.05, 0) is 67.4 Å². The highest BCUT2D eigenvalue weighted by Gasteiger charge is 2.24. The molecule has 0 bridgehead atoms. The van der Waals surface area contributed by atoms with Crippen molar-refractivity contribution in [3.63, 3.8) is 0 Å². The number of hydrogen-bond donors (Lipinski definition) is 0. The zero-order valence-electron chi connectivity index (χ0n) is 19.3. The molecule has 0 unspecified atom stereocenters. The molecule has 1 aliphatic rings. The van der Waals surface area contributed by atoms with E-state index in [0.29, 0.717) is 57.3 Å². The van der Waals surface area contributed by atoms with Gasteiger partial charge in [-0.25, -0.2) is 0 Å². The maximum absolute atomic E-state index is 13.3. The number of methoxy groups -OCH3 is 1. The molecular formula is C27H23Cl2NO5. The van der Waals surface area contributed by atoms with Gasteiger partial charge >= 0.3 is 0 Å². The minimum atomic E-state index is -0.229. The molecule has 6 nitrogen and oxygen atoms in total. The number of ether oxygens (including phenoxy) is 3. The number of hydrogen-bond acceptors (Lipinski definition) is 6. The lowest BCUT2D eigenvalue weighted by Crippen LogP contribution is -2.33. The minimum absolute atomic E-state index is 0.161. The van der Waals surface area contributed by atoms with Crippen molar-refractivity contribution in [3.05, 3.63) is 91.8 Å². The molecule has 3 aromatic carbocycles. The molecule has 0 saturated carbocycles. The van der Waals surface area contributed by atoms with Crippen LogP contribution in [0.1, 0.15) is 16.9 Å². The van der Waals surface area contributed by atoms with Gasteiger partial charge in [0.15, 0.2) is 0 Å². The van der Waals surface area contributed by atoms with E-state index in [9.17, 15) is 4.79 Å². The Morgan fingerprint density at radius 3 is 2.54 bits per heavy atom. The number of rotatable bonds is 6. The molecule has 2 heterocycles. The molecule has 0 aliphatic carbocycles. The Hall–Kier alpha value is -3.19. The predicted octanol–water partition coefficient (Wildman–Crippen LogP) is 6.60. The zero-order chi connectivity index (χ0) is 24.5. The van der Waals surface area contributed by atoms with Crippen molar-refractivity contribution in [2.75, 3.05) is 20.4 Å². The van der Waals surface area contributed by atoms with Crippen molar-refractivity contribution in [2.24, 2.45) is 0 Å². The Bertz CT molecular complexity index is 1450. The van der Waals surface area contributed by atoms with Crippen molar-refractivity contribution in [3.8, 4) is 23.0 Å². The molecule has 0 radical (unpaired) electrons. The van der Waals surface area contributed by atoms with E-state index in [-0.39, 0.29) is 11.2 Å². The van der Waals surface area contributed by atoms with Crippen molar-refractivity contribution in [1.29, 1.82) is 0 Å². The fourth-order valence-corrected chi connectivity index (χ4v) is 4.63. The fourth-order valence-electron chi connectivity index (χ4n) is 4.13. The second kappa shape index (κ2) is 9.82. The Morgan fingerprint density at radius 1 is 1.03 bits per heavy atom. The molecule has 1 aromatic heterocycles. The third kappa shape index (κ3) is 4.82. The molecule has 5 rings (SSSR count). The standard InChI is InChI=1S/C27H23Cl2NO5/c1-16-26(35-20-7-5-19(32-2)6-8-20)25(31)21-9-10-24-22(27(21)34-16)14-30(15-33-24)12-11-17-3-4-18(28)13-23(17)29/h3-10,13H,11-12,14-15H2,1-2H3. The van der Waals surface area contributed by atoms with Crippen LogP contribution in [0, 0.1) is 6.92 Å². The number of halogens is 2. The lowest BCUT2D eigenvalue weighted by Gasteiger charge is -2.29. The first-order chi connectivity index (χ1) is 16.9. The largest absolute Gasteiger partial charge is 0.497 e. The maximum Gasteiger partial charge on any atom is 0.235 e. The van der Waals surface area contributed by atoms with Gasteiger partial charge in [0.05, 0.1) is 18.1 Å². The van der Waals surface area contributed by atoms with E-state index in [1.165, 1.54) is 0 Å². The Kier molecular flexibility index (Phi) is 6.60. The molecule has 35 heavy (non-hydrogen) atoms. The van der Waals surface area contributed by atoms with Crippen LogP contribution in [0.3, 0.4) is 0 Å². The van der Waals surface area contributed by atoms with Gasteiger partial charge in [-0.15, -0.1) is 0 Å². The average molecular weight is 512 g/mol. The SMILES string of the molecule is COc1ccc(Oc2c(C)oc3c4c(ccc3c2=O)OCN(CCc2ccc(Cl)cc2Cl)C4)cc1. The van der Waals surface area contributed by atoms with E-state index >= 15 is 0 Å². The Labute approximate surface area is 212 Å². The van der Waals surface area contributed by atoms with Gasteiger partial charge in [-0.1, -0.05) is 29.3 Å². The second-order valence-corrected chi connectivity index (χ2v) is 9.17. The quantitative estimate of drug-likeness (QED) is 0.290. The molecule has 0 atom stereocenters. The summed E-state index contributed by atoms with van der Waals surface area (Å²) in [4.78, 5) is 15.5. The average Bonchev–Trinajstić information content (AvgIpc) is 2.86. The lowest BCUT2D eigenvalue weighted by molar-refractivity contribution is 0.0968. The van der Waals surface area contributed by atoms with Crippen molar-refractivity contribution >= 4 is 34.2 Å². The van der Waals surface area contributed by atoms with Crippen LogP contribution in [-0.2, 0) is 13.0 Å². The van der Waals surface area contributed by atoms with Crippen LogP contribution < -0.4 is 19.6 Å². The maximum atomic E-state index is 13.3. The molecule has 0 spiro atoms. The van der Waals surface area contributed by atoms with Gasteiger partial charge in [0, 0.05) is 23.1 Å². The molecule has 0 N–H and O–H groups in total. The summed E-state index contributed by atoms with van der Waals surface area (Å²) in [6, 6.07) is 16.1. The summed E-state index contributed by atoms with van der Waals surface area (Å²) < 4.78 is 23.2. The molecular weight excluding hydrogens is 489 g/mol. The normalized spacial score (nSPS) is 13.4. The van der Waals surface area contributed by atoms with E-state index in [1.807, 2.05) is 18.2 Å². The molecule has 180 valence electrons. The summed E-state index contributed by atoms with van der Waals surface area (Å²) in [5, 5.41) is 1.71. The van der Waals surface area contributed by atoms with Crippen LogP contribution in [0.15, 0.2) is 63.8 Å². The van der Waals surface area contributed by atoms with Crippen molar-refractivity contribution < 1.29 is 18.6 Å². The lowest BCUT2D eigenvalue weighted by atomic mass is 10.1. The second-order valence-electron chi connectivity index (χ2n) is 8.32. The van der Waals surface area contributed by atoms with E-state index in [2.05, 4.69) is 4.90 Å². The van der Waals surface area contributed by atoms with Crippen LogP contribution in [0.2, 0.25) is 10.0 Å². The first-order valence-corrected chi connectivity index (χ1v) is 11.9. The smallest absolute Gasteiger partial charge is 0.235 e. The Morgan fingerprint density at radius 2 is 1.80 bits per heavy atom. The van der Waals surface area contributed by atoms with Crippen LogP contribution in [0.5, 0.6) is 23.0 Å². The molecule has 4 aromatic rings. The van der Waals surface area contributed by atoms with Gasteiger partial charge in [0.25, 0.3) is 0 Å². The highest BCUT2D eigenvalue weighted by Crippen LogP contribution is 2.34. The van der Waals surface area contributed by atoms with E-state index < -0.39 is 0 Å². The zero-order valence-corrected chi connectivity index (χ0v) is 20.8. The van der Waals surface area contributed by atoms with Crippen LogP contribution >= 0.6 is 23.2 Å². The minimum Gasteiger partial charge on any atom is -0.497 e. The number of fused-ring (bicyclic) bond motifs is 3. The predicted molar refractivity (Wildman–Crippen MR) is 136 cm³/mol. The highest BCUT2D eigenvalue weighted by molar-refractivity contribution is 6.35. The summed E-state index contributed by atoms with van der Waals surface area (Å²) in [6.45, 7) is 3.46. The molecule has 0 amide bonds. The topological polar surface area (TPSA) is 61.1 Å². The molecule has 0 saturated heterocycles. The van der Waals surface area contributed by atoms with Crippen molar-refractivity contribution in [2.45, 2.75) is 19.9 Å². The van der Waals surface area contributed by atoms with Gasteiger partial charge < -0.3 is 18.6 Å². The third-order valence-electron chi connectivity index (χ3n) is 6.02. The number of benzene rings is 3.